The molecule has 0 radical (unpaired) electrons. The van der Waals surface area contributed by atoms with Crippen LogP contribution in [0.25, 0.3) is 6.08 Å². The minimum Gasteiger partial charge on any atom is -0.454 e. The van der Waals surface area contributed by atoms with E-state index < -0.39 is 0 Å². The van der Waals surface area contributed by atoms with E-state index in [9.17, 15) is 4.79 Å². The molecule has 1 amide bonds. The molecule has 1 aliphatic carbocycles. The first-order valence-corrected chi connectivity index (χ1v) is 8.92. The van der Waals surface area contributed by atoms with Crippen molar-refractivity contribution in [2.24, 2.45) is 0 Å². The van der Waals surface area contributed by atoms with Crippen molar-refractivity contribution in [3.63, 3.8) is 0 Å². The largest absolute Gasteiger partial charge is 0.454 e. The molecule has 0 unspecified atom stereocenters. The quantitative estimate of drug-likeness (QED) is 0.827. The van der Waals surface area contributed by atoms with Gasteiger partial charge in [0.25, 0.3) is 0 Å². The van der Waals surface area contributed by atoms with Crippen molar-refractivity contribution in [1.82, 2.24) is 25.5 Å². The van der Waals surface area contributed by atoms with Crippen LogP contribution in [0.4, 0.5) is 0 Å². The van der Waals surface area contributed by atoms with Crippen LogP contribution in [0, 0.1) is 0 Å². The van der Waals surface area contributed by atoms with Crippen LogP contribution < -0.4 is 14.8 Å². The fraction of sp³-hybridized carbons (Fsp3) is 0.444. The van der Waals surface area contributed by atoms with Crippen LogP contribution in [0.3, 0.4) is 0 Å². The molecule has 8 heteroatoms. The summed E-state index contributed by atoms with van der Waals surface area (Å²) in [4.78, 5) is 12.1. The first kappa shape index (κ1) is 16.6. The first-order valence-electron chi connectivity index (χ1n) is 8.92. The molecule has 0 saturated heterocycles. The molecule has 1 aromatic heterocycles. The van der Waals surface area contributed by atoms with Crippen molar-refractivity contribution >= 4 is 12.0 Å². The van der Waals surface area contributed by atoms with Crippen molar-refractivity contribution in [3.05, 3.63) is 35.7 Å². The molecular formula is C18H21N5O3. The van der Waals surface area contributed by atoms with Crippen molar-refractivity contribution in [3.8, 4) is 11.5 Å². The molecule has 0 atom stereocenters. The summed E-state index contributed by atoms with van der Waals surface area (Å²) in [6, 6.07) is 5.89. The predicted octanol–water partition coefficient (Wildman–Crippen LogP) is 2.24. The van der Waals surface area contributed by atoms with E-state index in [1.54, 1.807) is 6.08 Å². The lowest BCUT2D eigenvalue weighted by molar-refractivity contribution is -0.116. The van der Waals surface area contributed by atoms with E-state index in [1.165, 1.54) is 25.3 Å². The molecule has 1 aromatic carbocycles. The summed E-state index contributed by atoms with van der Waals surface area (Å²) < 4.78 is 12.5. The smallest absolute Gasteiger partial charge is 0.244 e. The molecule has 2 heterocycles. The molecule has 0 bridgehead atoms. The summed E-state index contributed by atoms with van der Waals surface area (Å²) in [7, 11) is 0. The van der Waals surface area contributed by atoms with Gasteiger partial charge in [-0.05, 0) is 47.0 Å². The summed E-state index contributed by atoms with van der Waals surface area (Å²) in [5.74, 6) is 1.92. The Bertz CT molecular complexity index is 811. The van der Waals surface area contributed by atoms with E-state index in [1.807, 2.05) is 22.9 Å². The summed E-state index contributed by atoms with van der Waals surface area (Å²) in [6.45, 7) is 0.548. The molecule has 0 spiro atoms. The van der Waals surface area contributed by atoms with Gasteiger partial charge in [-0.3, -0.25) is 4.79 Å². The van der Waals surface area contributed by atoms with Gasteiger partial charge in [0.1, 0.15) is 0 Å². The van der Waals surface area contributed by atoms with Crippen LogP contribution in [0.1, 0.15) is 49.5 Å². The standard InChI is InChI=1S/C18H21N5O3/c24-18(9-7-13-6-8-15-16(10-13)26-12-25-15)19-11-17-20-21-22-23(17)14-4-2-1-3-5-14/h6-10,14H,1-5,11-12H2,(H,19,24)/b9-7-. The number of rotatable bonds is 5. The average Bonchev–Trinajstić information content (AvgIpc) is 3.34. The van der Waals surface area contributed by atoms with Gasteiger partial charge in [0.05, 0.1) is 12.6 Å². The Morgan fingerprint density at radius 2 is 2.08 bits per heavy atom. The fourth-order valence-electron chi connectivity index (χ4n) is 3.35. The van der Waals surface area contributed by atoms with E-state index >= 15 is 0 Å². The number of ether oxygens (including phenoxy) is 2. The maximum absolute atomic E-state index is 12.1. The number of nitrogens with zero attached hydrogens (tertiary/aromatic N) is 4. The van der Waals surface area contributed by atoms with Crippen molar-refractivity contribution < 1.29 is 14.3 Å². The summed E-state index contributed by atoms with van der Waals surface area (Å²) in [5, 5.41) is 14.8. The number of aromatic nitrogens is 4. The van der Waals surface area contributed by atoms with E-state index in [4.69, 9.17) is 9.47 Å². The number of tetrazole rings is 1. The normalized spacial score (nSPS) is 16.9. The van der Waals surface area contributed by atoms with Gasteiger partial charge >= 0.3 is 0 Å². The maximum Gasteiger partial charge on any atom is 0.244 e. The molecule has 2 aliphatic rings. The minimum atomic E-state index is -0.194. The van der Waals surface area contributed by atoms with Crippen LogP contribution in [-0.2, 0) is 11.3 Å². The van der Waals surface area contributed by atoms with Crippen LogP contribution in [0.15, 0.2) is 24.3 Å². The van der Waals surface area contributed by atoms with Crippen LogP contribution in [0.5, 0.6) is 11.5 Å². The molecule has 1 saturated carbocycles. The van der Waals surface area contributed by atoms with Gasteiger partial charge in [-0.15, -0.1) is 5.10 Å². The minimum absolute atomic E-state index is 0.194. The number of benzene rings is 1. The number of fused-ring (bicyclic) bond motifs is 1. The second-order valence-corrected chi connectivity index (χ2v) is 6.50. The Morgan fingerprint density at radius 1 is 1.23 bits per heavy atom. The van der Waals surface area contributed by atoms with Gasteiger partial charge in [0, 0.05) is 6.08 Å². The second-order valence-electron chi connectivity index (χ2n) is 6.50. The molecular weight excluding hydrogens is 334 g/mol. The third-order valence-electron chi connectivity index (χ3n) is 4.73. The summed E-state index contributed by atoms with van der Waals surface area (Å²) >= 11 is 0. The Hall–Kier alpha value is -2.90. The number of amides is 1. The number of carbonyl (C=O) groups is 1. The van der Waals surface area contributed by atoms with Gasteiger partial charge in [-0.25, -0.2) is 4.68 Å². The highest BCUT2D eigenvalue weighted by Gasteiger charge is 2.20. The van der Waals surface area contributed by atoms with Gasteiger partial charge in [0.15, 0.2) is 17.3 Å². The van der Waals surface area contributed by atoms with Gasteiger partial charge in [-0.2, -0.15) is 0 Å². The lowest BCUT2D eigenvalue weighted by atomic mass is 9.95. The number of hydrogen-bond acceptors (Lipinski definition) is 6. The molecule has 4 rings (SSSR count). The molecule has 1 fully saturated rings. The highest BCUT2D eigenvalue weighted by molar-refractivity contribution is 5.91. The summed E-state index contributed by atoms with van der Waals surface area (Å²) in [5.41, 5.74) is 0.872. The van der Waals surface area contributed by atoms with Gasteiger partial charge in [-0.1, -0.05) is 25.3 Å². The van der Waals surface area contributed by atoms with Gasteiger partial charge in [0.2, 0.25) is 12.7 Å². The highest BCUT2D eigenvalue weighted by Crippen LogP contribution is 2.32. The third kappa shape index (κ3) is 3.68. The first-order chi connectivity index (χ1) is 12.8. The fourth-order valence-corrected chi connectivity index (χ4v) is 3.35. The third-order valence-corrected chi connectivity index (χ3v) is 4.73. The van der Waals surface area contributed by atoms with E-state index in [-0.39, 0.29) is 12.7 Å². The Morgan fingerprint density at radius 3 is 2.96 bits per heavy atom. The van der Waals surface area contributed by atoms with Crippen molar-refractivity contribution in [1.29, 1.82) is 0 Å². The Labute approximate surface area is 151 Å². The SMILES string of the molecule is O=C(/C=C\c1ccc2c(c1)OCO2)NCc1nnnn1C1CCCCC1. The van der Waals surface area contributed by atoms with Crippen LogP contribution in [-0.4, -0.2) is 32.9 Å². The monoisotopic (exact) mass is 355 g/mol. The van der Waals surface area contributed by atoms with E-state index in [2.05, 4.69) is 20.8 Å². The molecule has 1 N–H and O–H groups in total. The molecule has 26 heavy (non-hydrogen) atoms. The highest BCUT2D eigenvalue weighted by atomic mass is 16.7. The van der Waals surface area contributed by atoms with Crippen LogP contribution in [0.2, 0.25) is 0 Å². The topological polar surface area (TPSA) is 91.2 Å². The van der Waals surface area contributed by atoms with Gasteiger partial charge < -0.3 is 14.8 Å². The molecule has 2 aromatic rings. The number of nitrogens with one attached hydrogen (secondary N) is 1. The zero-order valence-electron chi connectivity index (χ0n) is 14.4. The van der Waals surface area contributed by atoms with E-state index in [0.717, 1.165) is 24.2 Å². The second kappa shape index (κ2) is 7.55. The van der Waals surface area contributed by atoms with E-state index in [0.29, 0.717) is 24.2 Å². The lowest BCUT2D eigenvalue weighted by Gasteiger charge is -2.22. The Balaban J connectivity index is 1.34. The number of carbonyl (C=O) groups excluding carboxylic acids is 1. The molecule has 8 nitrogen and oxygen atoms in total. The zero-order chi connectivity index (χ0) is 17.8. The Kier molecular flexibility index (Phi) is 4.81. The van der Waals surface area contributed by atoms with Crippen LogP contribution >= 0.6 is 0 Å². The molecule has 136 valence electrons. The average molecular weight is 355 g/mol. The number of hydrogen-bond donors (Lipinski definition) is 1. The van der Waals surface area contributed by atoms with Crippen molar-refractivity contribution in [2.45, 2.75) is 44.7 Å². The lowest BCUT2D eigenvalue weighted by Crippen LogP contribution is -2.25. The summed E-state index contributed by atoms with van der Waals surface area (Å²) in [6.07, 6.45) is 9.10. The predicted molar refractivity (Wildman–Crippen MR) is 93.4 cm³/mol. The maximum atomic E-state index is 12.1. The zero-order valence-corrected chi connectivity index (χ0v) is 14.4. The molecule has 1 aliphatic heterocycles. The van der Waals surface area contributed by atoms with Crippen molar-refractivity contribution in [2.75, 3.05) is 6.79 Å².